The highest BCUT2D eigenvalue weighted by molar-refractivity contribution is 4.89. The quantitative estimate of drug-likeness (QED) is 0.139. The van der Waals surface area contributed by atoms with E-state index < -0.39 is 0 Å². The summed E-state index contributed by atoms with van der Waals surface area (Å²) in [6, 6.07) is 0. The van der Waals surface area contributed by atoms with Crippen molar-refractivity contribution >= 4 is 0 Å². The number of hydrogen-bond acceptors (Lipinski definition) is 0. The summed E-state index contributed by atoms with van der Waals surface area (Å²) >= 11 is 0. The molecule has 0 aliphatic carbocycles. The van der Waals surface area contributed by atoms with Crippen LogP contribution in [-0.2, 0) is 13.1 Å². The fraction of sp³-hybridized carbons (Fsp3) is 0.893. The van der Waals surface area contributed by atoms with Crippen LogP contribution in [0.25, 0.3) is 0 Å². The first-order valence-electron chi connectivity index (χ1n) is 13.8. The van der Waals surface area contributed by atoms with Gasteiger partial charge in [0.15, 0.2) is 0 Å². The standard InChI is InChI=1S/C28H55N2/c1-5-7-9-11-13-15-17-19-21-23-29-25-26-30(28(29)27(3)4)24-22-20-18-16-14-12-10-8-6-2/h25-27H,5-24H2,1-4H3/q+1. The van der Waals surface area contributed by atoms with Crippen LogP contribution < -0.4 is 4.57 Å². The zero-order chi connectivity index (χ0) is 21.9. The second-order valence-electron chi connectivity index (χ2n) is 9.85. The first kappa shape index (κ1) is 27.2. The molecule has 2 nitrogen and oxygen atoms in total. The molecule has 0 aliphatic heterocycles. The molecule has 30 heavy (non-hydrogen) atoms. The molecule has 2 heteroatoms. The summed E-state index contributed by atoms with van der Waals surface area (Å²) in [6.45, 7) is 11.7. The summed E-state index contributed by atoms with van der Waals surface area (Å²) < 4.78 is 5.08. The van der Waals surface area contributed by atoms with E-state index in [2.05, 4.69) is 49.2 Å². The predicted molar refractivity (Wildman–Crippen MR) is 133 cm³/mol. The molecule has 0 aromatic carbocycles. The number of rotatable bonds is 21. The average Bonchev–Trinajstić information content (AvgIpc) is 3.14. The van der Waals surface area contributed by atoms with Gasteiger partial charge in [0.05, 0.1) is 19.0 Å². The van der Waals surface area contributed by atoms with E-state index >= 15 is 0 Å². The lowest BCUT2D eigenvalue weighted by Gasteiger charge is -2.08. The molecule has 1 aromatic rings. The molecule has 176 valence electrons. The molecule has 0 saturated heterocycles. The van der Waals surface area contributed by atoms with Crippen LogP contribution in [0.3, 0.4) is 0 Å². The van der Waals surface area contributed by atoms with Crippen molar-refractivity contribution in [3.05, 3.63) is 18.2 Å². The van der Waals surface area contributed by atoms with Crippen molar-refractivity contribution in [2.75, 3.05) is 0 Å². The van der Waals surface area contributed by atoms with Crippen LogP contribution in [0.2, 0.25) is 0 Å². The number of aryl methyl sites for hydroxylation is 2. The number of unbranched alkanes of at least 4 members (excludes halogenated alkanes) is 16. The molecule has 0 spiro atoms. The highest BCUT2D eigenvalue weighted by Crippen LogP contribution is 2.15. The predicted octanol–water partition coefficient (Wildman–Crippen LogP) is 8.96. The summed E-state index contributed by atoms with van der Waals surface area (Å²) in [4.78, 5) is 0. The van der Waals surface area contributed by atoms with E-state index in [1.807, 2.05) is 0 Å². The van der Waals surface area contributed by atoms with Gasteiger partial charge in [0.25, 0.3) is 5.82 Å². The molecular formula is C28H55N2+. The van der Waals surface area contributed by atoms with Gasteiger partial charge >= 0.3 is 0 Å². The lowest BCUT2D eigenvalue weighted by atomic mass is 10.1. The highest BCUT2D eigenvalue weighted by Gasteiger charge is 2.19. The van der Waals surface area contributed by atoms with Gasteiger partial charge in [-0.1, -0.05) is 118 Å². The smallest absolute Gasteiger partial charge is 0.234 e. The maximum atomic E-state index is 2.54. The van der Waals surface area contributed by atoms with Crippen LogP contribution in [0.4, 0.5) is 0 Å². The Morgan fingerprint density at radius 3 is 1.53 bits per heavy atom. The van der Waals surface area contributed by atoms with Gasteiger partial charge in [-0.15, -0.1) is 0 Å². The van der Waals surface area contributed by atoms with Gasteiger partial charge in [0, 0.05) is 0 Å². The zero-order valence-electron chi connectivity index (χ0n) is 21.3. The monoisotopic (exact) mass is 419 g/mol. The molecule has 0 aliphatic rings. The van der Waals surface area contributed by atoms with E-state index in [0.29, 0.717) is 5.92 Å². The van der Waals surface area contributed by atoms with Gasteiger partial charge in [0.2, 0.25) is 0 Å². The Balaban J connectivity index is 2.19. The molecule has 1 heterocycles. The Morgan fingerprint density at radius 2 is 1.07 bits per heavy atom. The van der Waals surface area contributed by atoms with Crippen molar-refractivity contribution in [1.29, 1.82) is 0 Å². The van der Waals surface area contributed by atoms with Crippen molar-refractivity contribution in [3.63, 3.8) is 0 Å². The SMILES string of the molecule is CCCCCCCCCCCn1cc[n+](CCCCCCCCCCC)c1C(C)C. The van der Waals surface area contributed by atoms with E-state index in [0.717, 1.165) is 0 Å². The Morgan fingerprint density at radius 1 is 0.633 bits per heavy atom. The number of hydrogen-bond donors (Lipinski definition) is 0. The molecule has 0 amide bonds. The van der Waals surface area contributed by atoms with Gasteiger partial charge in [-0.05, 0) is 25.7 Å². The van der Waals surface area contributed by atoms with Crippen molar-refractivity contribution in [3.8, 4) is 0 Å². The molecule has 0 N–H and O–H groups in total. The summed E-state index contributed by atoms with van der Waals surface area (Å²) in [7, 11) is 0. The lowest BCUT2D eigenvalue weighted by Crippen LogP contribution is -2.38. The first-order chi connectivity index (χ1) is 14.7. The van der Waals surface area contributed by atoms with E-state index in [1.54, 1.807) is 0 Å². The molecule has 0 bridgehead atoms. The van der Waals surface area contributed by atoms with E-state index in [4.69, 9.17) is 0 Å². The minimum absolute atomic E-state index is 0.608. The van der Waals surface area contributed by atoms with Crippen molar-refractivity contribution < 1.29 is 4.57 Å². The normalized spacial score (nSPS) is 11.6. The second kappa shape index (κ2) is 18.9. The van der Waals surface area contributed by atoms with Crippen LogP contribution in [-0.4, -0.2) is 4.57 Å². The Kier molecular flexibility index (Phi) is 17.2. The fourth-order valence-corrected chi connectivity index (χ4v) is 4.71. The van der Waals surface area contributed by atoms with Crippen molar-refractivity contribution in [1.82, 2.24) is 4.57 Å². The fourth-order valence-electron chi connectivity index (χ4n) is 4.71. The third kappa shape index (κ3) is 12.8. The molecule has 0 fully saturated rings. The maximum Gasteiger partial charge on any atom is 0.258 e. The molecule has 0 radical (unpaired) electrons. The highest BCUT2D eigenvalue weighted by atomic mass is 15.1. The molecule has 0 atom stereocenters. The third-order valence-corrected chi connectivity index (χ3v) is 6.54. The van der Waals surface area contributed by atoms with Gasteiger partial charge in [-0.3, -0.25) is 0 Å². The van der Waals surface area contributed by atoms with E-state index in [9.17, 15) is 0 Å². The molecule has 0 saturated carbocycles. The summed E-state index contributed by atoms with van der Waals surface area (Å²) in [5.41, 5.74) is 0. The van der Waals surface area contributed by atoms with Crippen LogP contribution in [0.15, 0.2) is 12.4 Å². The maximum absolute atomic E-state index is 2.54. The average molecular weight is 420 g/mol. The molecule has 1 rings (SSSR count). The summed E-state index contributed by atoms with van der Waals surface area (Å²) in [5.74, 6) is 2.14. The number of aromatic nitrogens is 2. The topological polar surface area (TPSA) is 8.81 Å². The van der Waals surface area contributed by atoms with Crippen molar-refractivity contribution in [2.24, 2.45) is 0 Å². The number of imidazole rings is 1. The van der Waals surface area contributed by atoms with Gasteiger partial charge < -0.3 is 0 Å². The minimum Gasteiger partial charge on any atom is -0.234 e. The van der Waals surface area contributed by atoms with E-state index in [1.165, 1.54) is 134 Å². The zero-order valence-corrected chi connectivity index (χ0v) is 21.3. The molecule has 0 unspecified atom stereocenters. The molecular weight excluding hydrogens is 364 g/mol. The Bertz CT molecular complexity index is 449. The largest absolute Gasteiger partial charge is 0.258 e. The van der Waals surface area contributed by atoms with Crippen LogP contribution >= 0.6 is 0 Å². The van der Waals surface area contributed by atoms with Gasteiger partial charge in [-0.25, -0.2) is 9.13 Å². The molecule has 1 aromatic heterocycles. The van der Waals surface area contributed by atoms with E-state index in [-0.39, 0.29) is 0 Å². The van der Waals surface area contributed by atoms with Gasteiger partial charge in [0.1, 0.15) is 12.4 Å². The van der Waals surface area contributed by atoms with Crippen LogP contribution in [0.5, 0.6) is 0 Å². The second-order valence-corrected chi connectivity index (χ2v) is 9.85. The number of nitrogens with zero attached hydrogens (tertiary/aromatic N) is 2. The van der Waals surface area contributed by atoms with Crippen LogP contribution in [0.1, 0.15) is 155 Å². The third-order valence-electron chi connectivity index (χ3n) is 6.54. The summed E-state index contributed by atoms with van der Waals surface area (Å²) in [5, 5.41) is 0. The first-order valence-corrected chi connectivity index (χ1v) is 13.8. The Labute approximate surface area is 189 Å². The lowest BCUT2D eigenvalue weighted by molar-refractivity contribution is -0.705. The summed E-state index contributed by atoms with van der Waals surface area (Å²) in [6.07, 6.45) is 30.1. The Hall–Kier alpha value is -0.790. The minimum atomic E-state index is 0.608. The van der Waals surface area contributed by atoms with Gasteiger partial charge in [-0.2, -0.15) is 0 Å². The van der Waals surface area contributed by atoms with Crippen molar-refractivity contribution in [2.45, 2.75) is 162 Å². The van der Waals surface area contributed by atoms with Crippen LogP contribution in [0, 0.1) is 0 Å².